The highest BCUT2D eigenvalue weighted by Crippen LogP contribution is 2.23. The van der Waals surface area contributed by atoms with E-state index in [1.54, 1.807) is 0 Å². The molecule has 0 spiro atoms. The highest BCUT2D eigenvalue weighted by atomic mass is 16.4. The van der Waals surface area contributed by atoms with Crippen LogP contribution in [0.15, 0.2) is 28.7 Å². The molecule has 19 heavy (non-hydrogen) atoms. The fraction of sp³-hybridized carbons (Fsp3) is 0.429. The van der Waals surface area contributed by atoms with Crippen molar-refractivity contribution < 1.29 is 4.42 Å². The Kier molecular flexibility index (Phi) is 3.46. The van der Waals surface area contributed by atoms with Gasteiger partial charge in [0.25, 0.3) is 0 Å². The molecule has 2 rings (SSSR count). The van der Waals surface area contributed by atoms with Crippen molar-refractivity contribution in [3.05, 3.63) is 24.3 Å². The van der Waals surface area contributed by atoms with Crippen LogP contribution < -0.4 is 10.2 Å². The Bertz CT molecular complexity index is 537. The maximum atomic E-state index is 5.60. The SMILES string of the molecule is CN(C)c1ccc(-c2nnc(NC(C)(C)C)o2)cc1. The molecule has 0 saturated carbocycles. The van der Waals surface area contributed by atoms with Gasteiger partial charge in [-0.05, 0) is 45.0 Å². The molecule has 102 valence electrons. The zero-order valence-electron chi connectivity index (χ0n) is 12.1. The maximum Gasteiger partial charge on any atom is 0.316 e. The molecule has 5 nitrogen and oxygen atoms in total. The van der Waals surface area contributed by atoms with E-state index in [1.165, 1.54) is 0 Å². The fourth-order valence-electron chi connectivity index (χ4n) is 1.61. The van der Waals surface area contributed by atoms with Crippen molar-refractivity contribution in [1.29, 1.82) is 0 Å². The van der Waals surface area contributed by atoms with Gasteiger partial charge in [-0.25, -0.2) is 0 Å². The van der Waals surface area contributed by atoms with Gasteiger partial charge in [0.2, 0.25) is 5.89 Å². The molecule has 0 unspecified atom stereocenters. The van der Waals surface area contributed by atoms with E-state index in [1.807, 2.05) is 64.0 Å². The summed E-state index contributed by atoms with van der Waals surface area (Å²) in [4.78, 5) is 2.05. The lowest BCUT2D eigenvalue weighted by Gasteiger charge is -2.17. The number of nitrogens with one attached hydrogen (secondary N) is 1. The molecule has 0 amide bonds. The lowest BCUT2D eigenvalue weighted by molar-refractivity contribution is 0.538. The third-order valence-corrected chi connectivity index (χ3v) is 2.54. The van der Waals surface area contributed by atoms with Crippen LogP contribution in [0.25, 0.3) is 11.5 Å². The molecule has 0 atom stereocenters. The molecule has 0 aliphatic rings. The molecule has 1 aromatic heterocycles. The lowest BCUT2D eigenvalue weighted by atomic mass is 10.1. The Balaban J connectivity index is 2.18. The van der Waals surface area contributed by atoms with Gasteiger partial charge >= 0.3 is 6.01 Å². The summed E-state index contributed by atoms with van der Waals surface area (Å²) in [5, 5.41) is 11.2. The normalized spacial score (nSPS) is 11.4. The minimum atomic E-state index is -0.0986. The summed E-state index contributed by atoms with van der Waals surface area (Å²) in [5.74, 6) is 0.525. The van der Waals surface area contributed by atoms with Crippen molar-refractivity contribution in [3.63, 3.8) is 0 Å². The Morgan fingerprint density at radius 1 is 1.05 bits per heavy atom. The second kappa shape index (κ2) is 4.91. The quantitative estimate of drug-likeness (QED) is 0.919. The summed E-state index contributed by atoms with van der Waals surface area (Å²) < 4.78 is 5.60. The van der Waals surface area contributed by atoms with Gasteiger partial charge in [-0.15, -0.1) is 5.10 Å². The van der Waals surface area contributed by atoms with E-state index in [-0.39, 0.29) is 5.54 Å². The van der Waals surface area contributed by atoms with Gasteiger partial charge in [-0.3, -0.25) is 0 Å². The Morgan fingerprint density at radius 3 is 2.21 bits per heavy atom. The molecular formula is C14H20N4O. The van der Waals surface area contributed by atoms with E-state index in [9.17, 15) is 0 Å². The second-order valence-corrected chi connectivity index (χ2v) is 5.73. The Morgan fingerprint density at radius 2 is 1.68 bits per heavy atom. The number of benzene rings is 1. The number of aromatic nitrogens is 2. The Labute approximate surface area is 113 Å². The minimum absolute atomic E-state index is 0.0986. The minimum Gasteiger partial charge on any atom is -0.403 e. The summed E-state index contributed by atoms with van der Waals surface area (Å²) in [6, 6.07) is 8.44. The van der Waals surface area contributed by atoms with Crippen molar-refractivity contribution in [2.75, 3.05) is 24.3 Å². The predicted octanol–water partition coefficient (Wildman–Crippen LogP) is 3.01. The van der Waals surface area contributed by atoms with Gasteiger partial charge in [0, 0.05) is 30.9 Å². The highest BCUT2D eigenvalue weighted by molar-refractivity contribution is 5.59. The van der Waals surface area contributed by atoms with E-state index < -0.39 is 0 Å². The van der Waals surface area contributed by atoms with Crippen LogP contribution in [0.5, 0.6) is 0 Å². The van der Waals surface area contributed by atoms with Gasteiger partial charge in [-0.1, -0.05) is 5.10 Å². The van der Waals surface area contributed by atoms with Crippen molar-refractivity contribution in [3.8, 4) is 11.5 Å². The van der Waals surface area contributed by atoms with Gasteiger partial charge in [0.1, 0.15) is 0 Å². The van der Waals surface area contributed by atoms with Crippen LogP contribution in [0.2, 0.25) is 0 Å². The van der Waals surface area contributed by atoms with Crippen molar-refractivity contribution >= 4 is 11.7 Å². The number of hydrogen-bond acceptors (Lipinski definition) is 5. The van der Waals surface area contributed by atoms with Crippen molar-refractivity contribution in [2.24, 2.45) is 0 Å². The molecule has 0 radical (unpaired) electrons. The smallest absolute Gasteiger partial charge is 0.316 e. The van der Waals surface area contributed by atoms with Gasteiger partial charge in [-0.2, -0.15) is 0 Å². The number of hydrogen-bond donors (Lipinski definition) is 1. The van der Waals surface area contributed by atoms with E-state index >= 15 is 0 Å². The molecular weight excluding hydrogens is 240 g/mol. The van der Waals surface area contributed by atoms with Crippen LogP contribution in [0.3, 0.4) is 0 Å². The summed E-state index contributed by atoms with van der Waals surface area (Å²) >= 11 is 0. The standard InChI is InChI=1S/C14H20N4O/c1-14(2,3)15-13-17-16-12(19-13)10-6-8-11(9-7-10)18(4)5/h6-9H,1-5H3,(H,15,17). The zero-order chi connectivity index (χ0) is 14.0. The second-order valence-electron chi connectivity index (χ2n) is 5.73. The third-order valence-electron chi connectivity index (χ3n) is 2.54. The van der Waals surface area contributed by atoms with Gasteiger partial charge < -0.3 is 14.6 Å². The zero-order valence-corrected chi connectivity index (χ0v) is 12.1. The van der Waals surface area contributed by atoms with E-state index in [0.29, 0.717) is 11.9 Å². The average molecular weight is 260 g/mol. The molecule has 0 bridgehead atoms. The van der Waals surface area contributed by atoms with Crippen LogP contribution in [-0.4, -0.2) is 29.8 Å². The number of nitrogens with zero attached hydrogens (tertiary/aromatic N) is 3. The lowest BCUT2D eigenvalue weighted by Crippen LogP contribution is -2.26. The van der Waals surface area contributed by atoms with E-state index in [2.05, 4.69) is 15.5 Å². The third kappa shape index (κ3) is 3.47. The topological polar surface area (TPSA) is 54.2 Å². The molecule has 0 saturated heterocycles. The van der Waals surface area contributed by atoms with Crippen LogP contribution >= 0.6 is 0 Å². The molecule has 0 aliphatic heterocycles. The summed E-state index contributed by atoms with van der Waals surface area (Å²) in [6.45, 7) is 6.13. The molecule has 0 fully saturated rings. The summed E-state index contributed by atoms with van der Waals surface area (Å²) in [6.07, 6.45) is 0. The fourth-order valence-corrected chi connectivity index (χ4v) is 1.61. The first-order chi connectivity index (χ1) is 8.85. The molecule has 2 aromatic rings. The van der Waals surface area contributed by atoms with E-state index in [4.69, 9.17) is 4.42 Å². The van der Waals surface area contributed by atoms with Crippen molar-refractivity contribution in [2.45, 2.75) is 26.3 Å². The van der Waals surface area contributed by atoms with Gasteiger partial charge in [0.05, 0.1) is 0 Å². The summed E-state index contributed by atoms with van der Waals surface area (Å²) in [5.41, 5.74) is 1.95. The predicted molar refractivity (Wildman–Crippen MR) is 77.4 cm³/mol. The van der Waals surface area contributed by atoms with E-state index in [0.717, 1.165) is 11.3 Å². The van der Waals surface area contributed by atoms with Crippen LogP contribution in [-0.2, 0) is 0 Å². The average Bonchev–Trinajstić information content (AvgIpc) is 2.75. The molecule has 1 N–H and O–H groups in total. The summed E-state index contributed by atoms with van der Waals surface area (Å²) in [7, 11) is 4.01. The molecule has 5 heteroatoms. The van der Waals surface area contributed by atoms with Crippen LogP contribution in [0.4, 0.5) is 11.7 Å². The van der Waals surface area contributed by atoms with Crippen LogP contribution in [0.1, 0.15) is 20.8 Å². The molecule has 0 aliphatic carbocycles. The molecule has 1 aromatic carbocycles. The molecule has 1 heterocycles. The van der Waals surface area contributed by atoms with Crippen molar-refractivity contribution in [1.82, 2.24) is 10.2 Å². The number of rotatable bonds is 3. The first kappa shape index (κ1) is 13.4. The first-order valence-corrected chi connectivity index (χ1v) is 6.24. The highest BCUT2D eigenvalue weighted by Gasteiger charge is 2.15. The van der Waals surface area contributed by atoms with Crippen LogP contribution in [0, 0.1) is 0 Å². The first-order valence-electron chi connectivity index (χ1n) is 6.24. The monoisotopic (exact) mass is 260 g/mol. The maximum absolute atomic E-state index is 5.60. The van der Waals surface area contributed by atoms with Gasteiger partial charge in [0.15, 0.2) is 0 Å². The Hall–Kier alpha value is -2.04. The number of anilines is 2. The largest absolute Gasteiger partial charge is 0.403 e.